The predicted octanol–water partition coefficient (Wildman–Crippen LogP) is 7.12. The van der Waals surface area contributed by atoms with Crippen LogP contribution in [0.5, 0.6) is 0 Å². The van der Waals surface area contributed by atoms with Crippen LogP contribution >= 0.6 is 0 Å². The number of rotatable bonds is 9. The van der Waals surface area contributed by atoms with E-state index in [1.54, 1.807) is 0 Å². The Kier molecular flexibility index (Phi) is 9.30. The van der Waals surface area contributed by atoms with Gasteiger partial charge in [-0.2, -0.15) is 8.78 Å². The summed E-state index contributed by atoms with van der Waals surface area (Å²) in [6, 6.07) is 0. The predicted molar refractivity (Wildman–Crippen MR) is 96.2 cm³/mol. The fourth-order valence-electron chi connectivity index (χ4n) is 4.64. The van der Waals surface area contributed by atoms with Crippen LogP contribution in [0, 0.1) is 17.8 Å². The Morgan fingerprint density at radius 2 is 1.42 bits per heavy atom. The lowest BCUT2D eigenvalue weighted by Gasteiger charge is -2.37. The number of hydrogen-bond donors (Lipinski definition) is 0. The summed E-state index contributed by atoms with van der Waals surface area (Å²) in [5.41, 5.74) is 0. The van der Waals surface area contributed by atoms with Crippen molar-refractivity contribution in [3.05, 3.63) is 12.2 Å². The summed E-state index contributed by atoms with van der Waals surface area (Å²) in [6.07, 6.45) is 15.8. The maximum atomic E-state index is 12.3. The van der Waals surface area contributed by atoms with Gasteiger partial charge in [0.1, 0.15) is 0 Å². The Morgan fingerprint density at radius 1 is 0.833 bits per heavy atom. The van der Waals surface area contributed by atoms with Gasteiger partial charge in [-0.25, -0.2) is 0 Å². The molecule has 2 fully saturated rings. The summed E-state index contributed by atoms with van der Waals surface area (Å²) in [6.45, 7) is 3.18. The first-order chi connectivity index (χ1) is 11.7. The van der Waals surface area contributed by atoms with E-state index in [1.165, 1.54) is 63.9 Å². The van der Waals surface area contributed by atoms with E-state index in [0.29, 0.717) is 6.10 Å². The SMILES string of the molecule is CCCCCCCOC1CCC(C2CCC(C=C(F)F)CC2)CC1. The number of unbranched alkanes of at least 4 members (excludes halogenated alkanes) is 4. The van der Waals surface area contributed by atoms with E-state index in [-0.39, 0.29) is 5.92 Å². The highest BCUT2D eigenvalue weighted by Crippen LogP contribution is 2.41. The number of hydrogen-bond acceptors (Lipinski definition) is 1. The molecule has 0 heterocycles. The second-order valence-electron chi connectivity index (χ2n) is 7.95. The Balaban J connectivity index is 1.56. The number of allylic oxidation sites excluding steroid dienone is 1. The zero-order chi connectivity index (χ0) is 17.2. The van der Waals surface area contributed by atoms with Gasteiger partial charge in [0, 0.05) is 6.61 Å². The molecule has 2 rings (SSSR count). The summed E-state index contributed by atoms with van der Waals surface area (Å²) in [7, 11) is 0. The second-order valence-corrected chi connectivity index (χ2v) is 7.95. The first-order valence-electron chi connectivity index (χ1n) is 10.3. The summed E-state index contributed by atoms with van der Waals surface area (Å²) in [5.74, 6) is 1.71. The smallest absolute Gasteiger partial charge is 0.266 e. The lowest BCUT2D eigenvalue weighted by Crippen LogP contribution is -2.28. The average Bonchev–Trinajstić information content (AvgIpc) is 2.59. The quantitative estimate of drug-likeness (QED) is 0.405. The van der Waals surface area contributed by atoms with Gasteiger partial charge in [0.25, 0.3) is 6.08 Å². The van der Waals surface area contributed by atoms with Gasteiger partial charge in [0.15, 0.2) is 0 Å². The van der Waals surface area contributed by atoms with Crippen molar-refractivity contribution in [2.75, 3.05) is 6.61 Å². The van der Waals surface area contributed by atoms with Crippen LogP contribution in [-0.4, -0.2) is 12.7 Å². The third kappa shape index (κ3) is 7.21. The molecule has 0 aliphatic heterocycles. The molecule has 0 atom stereocenters. The number of ether oxygens (including phenoxy) is 1. The minimum absolute atomic E-state index is 0.124. The fourth-order valence-corrected chi connectivity index (χ4v) is 4.64. The highest BCUT2D eigenvalue weighted by atomic mass is 19.3. The van der Waals surface area contributed by atoms with Crippen LogP contribution in [-0.2, 0) is 4.74 Å². The van der Waals surface area contributed by atoms with E-state index in [2.05, 4.69) is 6.92 Å². The summed E-state index contributed by atoms with van der Waals surface area (Å²) < 4.78 is 30.8. The minimum atomic E-state index is -1.49. The Morgan fingerprint density at radius 3 is 2.00 bits per heavy atom. The van der Waals surface area contributed by atoms with Gasteiger partial charge in [-0.1, -0.05) is 32.6 Å². The largest absolute Gasteiger partial charge is 0.378 e. The van der Waals surface area contributed by atoms with Crippen LogP contribution < -0.4 is 0 Å². The van der Waals surface area contributed by atoms with E-state index in [0.717, 1.165) is 44.1 Å². The van der Waals surface area contributed by atoms with E-state index >= 15 is 0 Å². The maximum Gasteiger partial charge on any atom is 0.266 e. The molecule has 3 heteroatoms. The molecule has 0 unspecified atom stereocenters. The summed E-state index contributed by atoms with van der Waals surface area (Å²) >= 11 is 0. The van der Waals surface area contributed by atoms with Gasteiger partial charge in [-0.05, 0) is 81.6 Å². The van der Waals surface area contributed by atoms with Gasteiger partial charge in [-0.3, -0.25) is 0 Å². The Labute approximate surface area is 147 Å². The molecule has 0 N–H and O–H groups in total. The van der Waals surface area contributed by atoms with Crippen LogP contribution in [0.25, 0.3) is 0 Å². The Bertz CT molecular complexity index is 349. The molecule has 1 nitrogen and oxygen atoms in total. The first kappa shape index (κ1) is 19.9. The molecule has 0 bridgehead atoms. The normalized spacial score (nSPS) is 31.0. The van der Waals surface area contributed by atoms with E-state index < -0.39 is 6.08 Å². The second kappa shape index (κ2) is 11.2. The standard InChI is InChI=1S/C21H36F2O/c1-2-3-4-5-6-15-24-20-13-11-19(12-14-20)18-9-7-17(8-10-18)16-21(22)23/h16-20H,2-15H2,1H3. The molecular weight excluding hydrogens is 306 g/mol. The molecule has 2 aliphatic carbocycles. The molecule has 24 heavy (non-hydrogen) atoms. The molecule has 2 aliphatic rings. The minimum Gasteiger partial charge on any atom is -0.378 e. The Hall–Kier alpha value is -0.440. The van der Waals surface area contributed by atoms with Gasteiger partial charge >= 0.3 is 0 Å². The van der Waals surface area contributed by atoms with Crippen molar-refractivity contribution < 1.29 is 13.5 Å². The lowest BCUT2D eigenvalue weighted by molar-refractivity contribution is 0.00591. The summed E-state index contributed by atoms with van der Waals surface area (Å²) in [5, 5.41) is 0. The van der Waals surface area contributed by atoms with Crippen molar-refractivity contribution in [1.29, 1.82) is 0 Å². The molecule has 0 aromatic rings. The van der Waals surface area contributed by atoms with Gasteiger partial charge in [-0.15, -0.1) is 0 Å². The first-order valence-corrected chi connectivity index (χ1v) is 10.3. The molecule has 0 saturated heterocycles. The van der Waals surface area contributed by atoms with Gasteiger partial charge in [0.05, 0.1) is 6.10 Å². The van der Waals surface area contributed by atoms with Crippen molar-refractivity contribution in [3.8, 4) is 0 Å². The monoisotopic (exact) mass is 342 g/mol. The molecular formula is C21H36F2O. The molecule has 0 amide bonds. The van der Waals surface area contributed by atoms with E-state index in [1.807, 2.05) is 0 Å². The van der Waals surface area contributed by atoms with Crippen molar-refractivity contribution in [2.45, 2.75) is 96.5 Å². The van der Waals surface area contributed by atoms with Crippen LogP contribution in [0.15, 0.2) is 12.2 Å². The van der Waals surface area contributed by atoms with Crippen molar-refractivity contribution in [1.82, 2.24) is 0 Å². The highest BCUT2D eigenvalue weighted by molar-refractivity contribution is 4.92. The van der Waals surface area contributed by atoms with Crippen LogP contribution in [0.4, 0.5) is 8.78 Å². The van der Waals surface area contributed by atoms with Crippen LogP contribution in [0.3, 0.4) is 0 Å². The van der Waals surface area contributed by atoms with E-state index in [9.17, 15) is 8.78 Å². The number of halogens is 2. The van der Waals surface area contributed by atoms with Crippen LogP contribution in [0.2, 0.25) is 0 Å². The molecule has 0 radical (unpaired) electrons. The third-order valence-corrected chi connectivity index (χ3v) is 6.17. The van der Waals surface area contributed by atoms with Crippen molar-refractivity contribution in [3.63, 3.8) is 0 Å². The molecule has 0 aromatic carbocycles. The van der Waals surface area contributed by atoms with Gasteiger partial charge in [0.2, 0.25) is 0 Å². The topological polar surface area (TPSA) is 9.23 Å². The maximum absolute atomic E-state index is 12.3. The highest BCUT2D eigenvalue weighted by Gasteiger charge is 2.30. The third-order valence-electron chi connectivity index (χ3n) is 6.17. The molecule has 2 saturated carbocycles. The van der Waals surface area contributed by atoms with Crippen molar-refractivity contribution in [2.24, 2.45) is 17.8 Å². The van der Waals surface area contributed by atoms with Crippen molar-refractivity contribution >= 4 is 0 Å². The molecule has 0 aromatic heterocycles. The molecule has 140 valence electrons. The zero-order valence-corrected chi connectivity index (χ0v) is 15.5. The van der Waals surface area contributed by atoms with Crippen LogP contribution in [0.1, 0.15) is 90.4 Å². The van der Waals surface area contributed by atoms with E-state index in [4.69, 9.17) is 4.74 Å². The fraction of sp³-hybridized carbons (Fsp3) is 0.905. The summed E-state index contributed by atoms with van der Waals surface area (Å²) in [4.78, 5) is 0. The van der Waals surface area contributed by atoms with Gasteiger partial charge < -0.3 is 4.74 Å². The lowest BCUT2D eigenvalue weighted by atomic mass is 9.70. The zero-order valence-electron chi connectivity index (χ0n) is 15.5. The average molecular weight is 343 g/mol. The molecule has 0 spiro atoms.